The van der Waals surface area contributed by atoms with E-state index in [9.17, 15) is 24.3 Å². The summed E-state index contributed by atoms with van der Waals surface area (Å²) < 4.78 is 14.1. The number of carbonyl (C=O) groups is 2. The summed E-state index contributed by atoms with van der Waals surface area (Å²) in [5.74, 6) is -0.724. The van der Waals surface area contributed by atoms with Crippen molar-refractivity contribution < 1.29 is 19.1 Å². The van der Waals surface area contributed by atoms with Gasteiger partial charge in [-0.2, -0.15) is 5.26 Å². The van der Waals surface area contributed by atoms with Gasteiger partial charge in [0.2, 0.25) is 5.91 Å². The second-order valence-electron chi connectivity index (χ2n) is 9.24. The van der Waals surface area contributed by atoms with Gasteiger partial charge in [0, 0.05) is 21.8 Å². The largest absolute Gasteiger partial charge is 0.508 e. The molecule has 5 N–H and O–H groups in total. The van der Waals surface area contributed by atoms with Gasteiger partial charge < -0.3 is 26.4 Å². The molecule has 1 aliphatic carbocycles. The predicted molar refractivity (Wildman–Crippen MR) is 141 cm³/mol. The first-order chi connectivity index (χ1) is 17.7. The van der Waals surface area contributed by atoms with Crippen LogP contribution in [0.25, 0.3) is 0 Å². The monoisotopic (exact) mass is 570 g/mol. The fourth-order valence-corrected chi connectivity index (χ4v) is 4.67. The van der Waals surface area contributed by atoms with Gasteiger partial charge in [-0.05, 0) is 54.7 Å². The van der Waals surface area contributed by atoms with Crippen LogP contribution >= 0.6 is 15.9 Å². The van der Waals surface area contributed by atoms with E-state index in [-0.39, 0.29) is 42.9 Å². The van der Waals surface area contributed by atoms with Crippen molar-refractivity contribution in [3.05, 3.63) is 57.6 Å². The van der Waals surface area contributed by atoms with Crippen molar-refractivity contribution in [2.75, 3.05) is 25.0 Å². The zero-order valence-corrected chi connectivity index (χ0v) is 21.9. The van der Waals surface area contributed by atoms with E-state index >= 15 is 0 Å². The molecular weight excluding hydrogens is 543 g/mol. The summed E-state index contributed by atoms with van der Waals surface area (Å²) in [4.78, 5) is 29.4. The van der Waals surface area contributed by atoms with Crippen LogP contribution in [-0.2, 0) is 10.2 Å². The zero-order valence-electron chi connectivity index (χ0n) is 20.3. The molecule has 1 heterocycles. The van der Waals surface area contributed by atoms with Crippen molar-refractivity contribution in [1.29, 1.82) is 5.26 Å². The smallest absolute Gasteiger partial charge is 0.251 e. The van der Waals surface area contributed by atoms with Crippen molar-refractivity contribution in [2.45, 2.75) is 43.8 Å². The number of benzene rings is 2. The van der Waals surface area contributed by atoms with Crippen LogP contribution in [-0.4, -0.2) is 48.7 Å². The van der Waals surface area contributed by atoms with Gasteiger partial charge in [0.25, 0.3) is 5.91 Å². The number of rotatable bonds is 8. The van der Waals surface area contributed by atoms with E-state index in [1.807, 2.05) is 25.1 Å². The SMILES string of the molecule is CCC(NC(=O)CNC(=O)c1cc(O)cc(NC2=NCC(F)CN2)c1)c1cc(Br)cc(C2(C#N)CC2)c1. The Kier molecular flexibility index (Phi) is 7.97. The van der Waals surface area contributed by atoms with Gasteiger partial charge in [-0.1, -0.05) is 28.9 Å². The number of hydrogen-bond donors (Lipinski definition) is 5. The number of amides is 2. The molecule has 1 aliphatic heterocycles. The quantitative estimate of drug-likeness (QED) is 0.329. The molecule has 0 bridgehead atoms. The molecule has 2 aliphatic rings. The summed E-state index contributed by atoms with van der Waals surface area (Å²) in [7, 11) is 0. The molecule has 2 unspecified atom stereocenters. The van der Waals surface area contributed by atoms with E-state index in [0.717, 1.165) is 28.4 Å². The molecule has 0 aromatic heterocycles. The van der Waals surface area contributed by atoms with Crippen LogP contribution in [0.5, 0.6) is 5.75 Å². The minimum Gasteiger partial charge on any atom is -0.508 e. The maximum absolute atomic E-state index is 13.2. The topological polar surface area (TPSA) is 139 Å². The molecule has 1 saturated carbocycles. The summed E-state index contributed by atoms with van der Waals surface area (Å²) in [5, 5.41) is 30.8. The number of phenolic OH excluding ortho intramolecular Hbond substituents is 1. The Morgan fingerprint density at radius 3 is 2.73 bits per heavy atom. The van der Waals surface area contributed by atoms with Crippen LogP contribution in [0.15, 0.2) is 45.9 Å². The highest BCUT2D eigenvalue weighted by atomic mass is 79.9. The lowest BCUT2D eigenvalue weighted by molar-refractivity contribution is -0.120. The maximum atomic E-state index is 13.2. The molecule has 0 radical (unpaired) electrons. The fraction of sp³-hybridized carbons (Fsp3) is 0.385. The first-order valence-corrected chi connectivity index (χ1v) is 12.8. The number of anilines is 1. The normalized spacial score (nSPS) is 18.4. The minimum absolute atomic E-state index is 0.0236. The Balaban J connectivity index is 1.37. The lowest BCUT2D eigenvalue weighted by Gasteiger charge is -2.20. The standard InChI is InChI=1S/C26H28BrFN6O3/c1-2-22(15-5-17(9-18(27)6-15)26(14-29)3-4-26)34-23(36)13-30-24(37)16-7-20(10-21(35)8-16)33-25-31-11-19(28)12-32-25/h5-10,19,22,35H,2-4,11-13H2,1H3,(H,30,37)(H,34,36)(H2,31,32,33). The number of carbonyl (C=O) groups excluding carboxylic acids is 2. The molecule has 1 fully saturated rings. The highest BCUT2D eigenvalue weighted by Gasteiger charge is 2.45. The number of aliphatic imine (C=N–C) groups is 1. The summed E-state index contributed by atoms with van der Waals surface area (Å²) in [6, 6.07) is 12.1. The van der Waals surface area contributed by atoms with E-state index in [1.54, 1.807) is 0 Å². The lowest BCUT2D eigenvalue weighted by Crippen LogP contribution is -2.41. The predicted octanol–water partition coefficient (Wildman–Crippen LogP) is 3.42. The number of nitrogens with zero attached hydrogens (tertiary/aromatic N) is 2. The second kappa shape index (κ2) is 11.2. The van der Waals surface area contributed by atoms with Gasteiger partial charge in [-0.15, -0.1) is 0 Å². The van der Waals surface area contributed by atoms with Gasteiger partial charge in [0.1, 0.15) is 11.9 Å². The van der Waals surface area contributed by atoms with Crippen molar-refractivity contribution in [1.82, 2.24) is 16.0 Å². The number of nitrogens with one attached hydrogen (secondary N) is 4. The minimum atomic E-state index is -1.06. The van der Waals surface area contributed by atoms with Crippen molar-refractivity contribution >= 4 is 39.4 Å². The third-order valence-corrected chi connectivity index (χ3v) is 6.83. The van der Waals surface area contributed by atoms with Crippen molar-refractivity contribution in [3.8, 4) is 11.8 Å². The fourth-order valence-electron chi connectivity index (χ4n) is 4.16. The van der Waals surface area contributed by atoms with Crippen molar-refractivity contribution in [2.24, 2.45) is 4.99 Å². The maximum Gasteiger partial charge on any atom is 0.251 e. The number of nitriles is 1. The van der Waals surface area contributed by atoms with E-state index < -0.39 is 17.5 Å². The Bertz CT molecular complexity index is 1270. The number of halogens is 2. The van der Waals surface area contributed by atoms with Crippen LogP contribution in [0, 0.1) is 11.3 Å². The molecule has 2 atom stereocenters. The summed E-state index contributed by atoms with van der Waals surface area (Å²) in [6.45, 7) is 1.83. The molecule has 4 rings (SSSR count). The molecule has 2 amide bonds. The number of aromatic hydroxyl groups is 1. The molecule has 0 spiro atoms. The molecule has 0 saturated heterocycles. The van der Waals surface area contributed by atoms with E-state index in [0.29, 0.717) is 18.1 Å². The number of alkyl halides is 1. The number of phenols is 1. The number of hydrogen-bond acceptors (Lipinski definition) is 7. The number of guanidine groups is 1. The Hall–Kier alpha value is -3.65. The van der Waals surface area contributed by atoms with Crippen LogP contribution in [0.1, 0.15) is 53.7 Å². The third-order valence-electron chi connectivity index (χ3n) is 6.37. The molecule has 2 aromatic rings. The summed E-state index contributed by atoms with van der Waals surface area (Å²) in [5.41, 5.74) is 1.91. The second-order valence-corrected chi connectivity index (χ2v) is 10.2. The van der Waals surface area contributed by atoms with E-state index in [2.05, 4.69) is 48.3 Å². The van der Waals surface area contributed by atoms with Gasteiger partial charge in [-0.3, -0.25) is 9.59 Å². The van der Waals surface area contributed by atoms with Crippen molar-refractivity contribution in [3.63, 3.8) is 0 Å². The van der Waals surface area contributed by atoms with Crippen LogP contribution < -0.4 is 21.3 Å². The van der Waals surface area contributed by atoms with Crippen LogP contribution in [0.2, 0.25) is 0 Å². The molecular formula is C26H28BrFN6O3. The average Bonchev–Trinajstić information content (AvgIpc) is 3.68. The average molecular weight is 571 g/mol. The van der Waals surface area contributed by atoms with E-state index in [4.69, 9.17) is 0 Å². The third kappa shape index (κ3) is 6.57. The molecule has 11 heteroatoms. The van der Waals surface area contributed by atoms with Crippen LogP contribution in [0.4, 0.5) is 10.1 Å². The Morgan fingerprint density at radius 1 is 1.30 bits per heavy atom. The van der Waals surface area contributed by atoms with Crippen LogP contribution in [0.3, 0.4) is 0 Å². The molecule has 37 heavy (non-hydrogen) atoms. The lowest BCUT2D eigenvalue weighted by atomic mass is 9.93. The Labute approximate surface area is 222 Å². The summed E-state index contributed by atoms with van der Waals surface area (Å²) >= 11 is 3.51. The zero-order chi connectivity index (χ0) is 26.6. The highest BCUT2D eigenvalue weighted by Crippen LogP contribution is 2.48. The first-order valence-electron chi connectivity index (χ1n) is 12.0. The highest BCUT2D eigenvalue weighted by molar-refractivity contribution is 9.10. The van der Waals surface area contributed by atoms with Gasteiger partial charge in [0.05, 0.1) is 37.2 Å². The molecule has 194 valence electrons. The van der Waals surface area contributed by atoms with Gasteiger partial charge in [0.15, 0.2) is 5.96 Å². The Morgan fingerprint density at radius 2 is 2.08 bits per heavy atom. The van der Waals surface area contributed by atoms with Gasteiger partial charge in [-0.25, -0.2) is 9.38 Å². The molecule has 9 nitrogen and oxygen atoms in total. The van der Waals surface area contributed by atoms with E-state index in [1.165, 1.54) is 18.2 Å². The summed E-state index contributed by atoms with van der Waals surface area (Å²) in [6.07, 6.45) is 1.21. The molecule has 2 aromatic carbocycles. The van der Waals surface area contributed by atoms with Gasteiger partial charge >= 0.3 is 0 Å². The first kappa shape index (κ1) is 26.4.